The Balaban J connectivity index is 0. The van der Waals surface area contributed by atoms with Gasteiger partial charge in [-0.25, -0.2) is 0 Å². The Labute approximate surface area is 234 Å². The molecule has 0 rings (SSSR count). The van der Waals surface area contributed by atoms with Crippen LogP contribution in [0.1, 0.15) is 51.4 Å². The predicted molar refractivity (Wildman–Crippen MR) is 163 cm³/mol. The van der Waals surface area contributed by atoms with E-state index in [9.17, 15) is 0 Å². The zero-order chi connectivity index (χ0) is 30.8. The molecule has 0 radical (unpaired) electrons. The van der Waals surface area contributed by atoms with Gasteiger partial charge in [-0.2, -0.15) is 0 Å². The van der Waals surface area contributed by atoms with Crippen LogP contribution >= 0.6 is 0 Å². The van der Waals surface area contributed by atoms with Gasteiger partial charge in [0.1, 0.15) is 0 Å². The summed E-state index contributed by atoms with van der Waals surface area (Å²) in [6.45, 7) is 2.35. The van der Waals surface area contributed by atoms with Crippen molar-refractivity contribution >= 4 is 47.7 Å². The van der Waals surface area contributed by atoms with Gasteiger partial charge in [0.2, 0.25) is 0 Å². The maximum Gasteiger partial charge on any atom is 0.195 e. The quantitative estimate of drug-likeness (QED) is 0.0546. The van der Waals surface area contributed by atoms with Gasteiger partial charge in [0.05, 0.1) is 0 Å². The summed E-state index contributed by atoms with van der Waals surface area (Å²) in [5, 5.41) is 37.4. The van der Waals surface area contributed by atoms with Crippen LogP contribution in [-0.2, 0) is 0 Å². The fourth-order valence-electron chi connectivity index (χ4n) is 2.66. The van der Waals surface area contributed by atoms with Crippen molar-refractivity contribution < 1.29 is 0 Å². The van der Waals surface area contributed by atoms with E-state index < -0.39 is 0 Å². The van der Waals surface area contributed by atoms with Gasteiger partial charge in [-0.1, -0.05) is 25.7 Å². The minimum absolute atomic E-state index is 0.158. The van der Waals surface area contributed by atoms with Crippen molar-refractivity contribution in [3.8, 4) is 0 Å². The summed E-state index contributed by atoms with van der Waals surface area (Å²) in [5.74, 6) is -0.255. The molecule has 20 nitrogen and oxygen atoms in total. The van der Waals surface area contributed by atoms with Gasteiger partial charge in [-0.05, 0) is 25.7 Å². The Bertz CT molecular complexity index is 744. The molecule has 0 amide bonds. The first-order valence-electron chi connectivity index (χ1n) is 12.5. The topological polar surface area (TPSA) is 401 Å². The number of unbranched alkanes of at least 4 members (excludes halogenated alkanes) is 6. The summed E-state index contributed by atoms with van der Waals surface area (Å²) in [4.78, 5) is 16.0. The average Bonchev–Trinajstić information content (AvgIpc) is 2.81. The third kappa shape index (κ3) is 31.0. The van der Waals surface area contributed by atoms with E-state index >= 15 is 0 Å². The minimum atomic E-state index is -0.221. The number of nitrogens with zero attached hydrogens (tertiary/aromatic N) is 4. The molecule has 0 saturated heterocycles. The highest BCUT2D eigenvalue weighted by Gasteiger charge is 1.96. The van der Waals surface area contributed by atoms with Crippen LogP contribution in [0.4, 0.5) is 0 Å². The Morgan fingerprint density at radius 3 is 0.675 bits per heavy atom. The molecule has 0 heterocycles. The van der Waals surface area contributed by atoms with Crippen molar-refractivity contribution in [2.24, 2.45) is 65.8 Å². The molecule has 24 N–H and O–H groups in total. The summed E-state index contributed by atoms with van der Waals surface area (Å²) in [6, 6.07) is 0. The first kappa shape index (κ1) is 37.1. The third-order valence-corrected chi connectivity index (χ3v) is 4.31. The molecule has 0 aliphatic rings. The van der Waals surface area contributed by atoms with Crippen LogP contribution in [0.3, 0.4) is 0 Å². The fraction of sp³-hybridized carbons (Fsp3) is 0.600. The Morgan fingerprint density at radius 2 is 0.525 bits per heavy atom. The molecule has 0 fully saturated rings. The van der Waals surface area contributed by atoms with Crippen LogP contribution in [0, 0.1) is 21.6 Å². The lowest BCUT2D eigenvalue weighted by Crippen LogP contribution is -2.40. The fourth-order valence-corrected chi connectivity index (χ4v) is 2.66. The molecule has 228 valence electrons. The van der Waals surface area contributed by atoms with Crippen LogP contribution < -0.4 is 67.1 Å². The van der Waals surface area contributed by atoms with Gasteiger partial charge in [-0.3, -0.25) is 62.9 Å². The number of aliphatic imine (C=N–C) groups is 4. The molecule has 0 bridgehead atoms. The van der Waals surface area contributed by atoms with E-state index in [4.69, 9.17) is 67.5 Å². The molecule has 40 heavy (non-hydrogen) atoms. The summed E-state index contributed by atoms with van der Waals surface area (Å²) in [6.07, 6.45) is 7.55. The van der Waals surface area contributed by atoms with E-state index in [-0.39, 0.29) is 47.7 Å². The van der Waals surface area contributed by atoms with Crippen LogP contribution in [-0.4, -0.2) is 73.9 Å². The van der Waals surface area contributed by atoms with Crippen molar-refractivity contribution in [1.82, 2.24) is 21.3 Å². The van der Waals surface area contributed by atoms with Gasteiger partial charge >= 0.3 is 0 Å². The standard InChI is InChI=1S/2C10H24N10/c2*11-7(12)19-9(15)17-5-3-1-2-4-6-18-10(16)20-8(13)14/h2*1-6H2,(H6,11,12,15,17,19)(H6,13,14,16,18,20). The average molecular weight is 569 g/mol. The van der Waals surface area contributed by atoms with E-state index in [1.807, 2.05) is 0 Å². The van der Waals surface area contributed by atoms with Crippen molar-refractivity contribution in [1.29, 1.82) is 21.6 Å². The van der Waals surface area contributed by atoms with Crippen molar-refractivity contribution in [3.05, 3.63) is 0 Å². The third-order valence-electron chi connectivity index (χ3n) is 4.31. The highest BCUT2D eigenvalue weighted by atomic mass is 15.2. The van der Waals surface area contributed by atoms with Crippen LogP contribution in [0.25, 0.3) is 0 Å². The maximum atomic E-state index is 6.95. The lowest BCUT2D eigenvalue weighted by molar-refractivity contribution is 0.653. The molecule has 0 unspecified atom stereocenters. The molecular formula is C20H48N20. The van der Waals surface area contributed by atoms with E-state index in [1.165, 1.54) is 0 Å². The van der Waals surface area contributed by atoms with Crippen molar-refractivity contribution in [2.45, 2.75) is 51.4 Å². The molecule has 0 aromatic rings. The lowest BCUT2D eigenvalue weighted by atomic mass is 10.2. The largest absolute Gasteiger partial charge is 0.370 e. The second-order valence-corrected chi connectivity index (χ2v) is 8.05. The summed E-state index contributed by atoms with van der Waals surface area (Å²) in [7, 11) is 0. The van der Waals surface area contributed by atoms with Crippen LogP contribution in [0.5, 0.6) is 0 Å². The zero-order valence-corrected chi connectivity index (χ0v) is 22.9. The first-order chi connectivity index (χ1) is 18.8. The van der Waals surface area contributed by atoms with E-state index in [0.29, 0.717) is 26.2 Å². The van der Waals surface area contributed by atoms with Gasteiger partial charge in [-0.15, -0.1) is 0 Å². The second-order valence-electron chi connectivity index (χ2n) is 8.05. The number of nitrogens with one attached hydrogen (secondary N) is 8. The molecule has 0 atom stereocenters. The Morgan fingerprint density at radius 1 is 0.350 bits per heavy atom. The highest BCUT2D eigenvalue weighted by molar-refractivity contribution is 5.97. The zero-order valence-electron chi connectivity index (χ0n) is 22.9. The van der Waals surface area contributed by atoms with Crippen molar-refractivity contribution in [3.63, 3.8) is 0 Å². The molecule has 0 aromatic heterocycles. The highest BCUT2D eigenvalue weighted by Crippen LogP contribution is 2.01. The molecule has 0 aliphatic heterocycles. The second kappa shape index (κ2) is 24.3. The molecule has 20 heteroatoms. The number of nitrogens with two attached hydrogens (primary N) is 8. The molecular weight excluding hydrogens is 520 g/mol. The summed E-state index contributed by atoms with van der Waals surface area (Å²) in [5.41, 5.74) is 42.2. The van der Waals surface area contributed by atoms with Gasteiger partial charge < -0.3 is 45.9 Å². The lowest BCUT2D eigenvalue weighted by Gasteiger charge is -2.03. The summed E-state index contributed by atoms with van der Waals surface area (Å²) >= 11 is 0. The minimum Gasteiger partial charge on any atom is -0.370 e. The monoisotopic (exact) mass is 568 g/mol. The van der Waals surface area contributed by atoms with E-state index in [2.05, 4.69) is 41.2 Å². The molecule has 0 aliphatic carbocycles. The van der Waals surface area contributed by atoms with Crippen molar-refractivity contribution in [2.75, 3.05) is 26.2 Å². The van der Waals surface area contributed by atoms with Crippen LogP contribution in [0.15, 0.2) is 20.0 Å². The van der Waals surface area contributed by atoms with E-state index in [0.717, 1.165) is 51.4 Å². The number of hydrogen-bond acceptors (Lipinski definition) is 8. The predicted octanol–water partition coefficient (Wildman–Crippen LogP) is -3.72. The van der Waals surface area contributed by atoms with E-state index in [1.54, 1.807) is 0 Å². The van der Waals surface area contributed by atoms with Crippen LogP contribution in [0.2, 0.25) is 0 Å². The molecule has 0 aromatic carbocycles. The van der Waals surface area contributed by atoms with Gasteiger partial charge in [0, 0.05) is 26.2 Å². The molecule has 0 saturated carbocycles. The Kier molecular flexibility index (Phi) is 22.6. The SMILES string of the molecule is N=C(N)NC(N)=NCCCCCCN=C(N)NC(=N)N.N=C(N)NC(N)=NCCCCCCN=C(N)NC(=N)N. The number of rotatable bonds is 14. The Hall–Kier alpha value is -5.04. The van der Waals surface area contributed by atoms with Gasteiger partial charge in [0.25, 0.3) is 0 Å². The molecule has 0 spiro atoms. The number of guanidine groups is 8. The first-order valence-corrected chi connectivity index (χ1v) is 12.5. The van der Waals surface area contributed by atoms with Gasteiger partial charge in [0.15, 0.2) is 47.7 Å². The maximum absolute atomic E-state index is 6.95. The normalized spacial score (nSPS) is 12.0. The number of hydrogen-bond donors (Lipinski definition) is 16. The smallest absolute Gasteiger partial charge is 0.195 e. The summed E-state index contributed by atoms with van der Waals surface area (Å²) < 4.78 is 0.